The Balaban J connectivity index is 1.59. The van der Waals surface area contributed by atoms with Crippen molar-refractivity contribution in [2.24, 2.45) is 5.92 Å². The minimum absolute atomic E-state index is 0.0384. The summed E-state index contributed by atoms with van der Waals surface area (Å²) in [5.74, 6) is 1.07. The topological polar surface area (TPSA) is 68.0 Å². The first-order valence-electron chi connectivity index (χ1n) is 8.81. The molecule has 138 valence electrons. The molecule has 0 radical (unpaired) electrons. The van der Waals surface area contributed by atoms with Crippen LogP contribution in [0.2, 0.25) is 5.02 Å². The van der Waals surface area contributed by atoms with Crippen LogP contribution in [-0.4, -0.2) is 68.8 Å². The van der Waals surface area contributed by atoms with E-state index in [1.54, 1.807) is 12.1 Å². The van der Waals surface area contributed by atoms with Crippen LogP contribution in [0.4, 0.5) is 5.69 Å². The van der Waals surface area contributed by atoms with Gasteiger partial charge < -0.3 is 20.1 Å². The van der Waals surface area contributed by atoms with Gasteiger partial charge in [-0.15, -0.1) is 0 Å². The van der Waals surface area contributed by atoms with Crippen LogP contribution in [0.15, 0.2) is 12.1 Å². The molecule has 6 nitrogen and oxygen atoms in total. The number of halogens is 1. The number of nitrogens with zero attached hydrogens (tertiary/aromatic N) is 2. The maximum absolute atomic E-state index is 12.9. The maximum Gasteiger partial charge on any atom is 0.257 e. The number of morpholine rings is 1. The van der Waals surface area contributed by atoms with Crippen LogP contribution >= 0.6 is 11.6 Å². The van der Waals surface area contributed by atoms with E-state index in [1.165, 1.54) is 7.11 Å². The van der Waals surface area contributed by atoms with Crippen LogP contribution in [0.1, 0.15) is 23.2 Å². The molecule has 7 heteroatoms. The number of carbonyl (C=O) groups is 1. The Kier molecular flexibility index (Phi) is 6.04. The first-order chi connectivity index (χ1) is 12.1. The van der Waals surface area contributed by atoms with Gasteiger partial charge in [-0.25, -0.2) is 0 Å². The van der Waals surface area contributed by atoms with Gasteiger partial charge in [-0.3, -0.25) is 9.69 Å². The molecule has 0 saturated carbocycles. The number of benzene rings is 1. The molecule has 1 aromatic carbocycles. The number of nitrogen functional groups attached to an aromatic ring is 1. The third-order valence-electron chi connectivity index (χ3n) is 5.07. The molecule has 2 fully saturated rings. The molecule has 0 bridgehead atoms. The minimum atomic E-state index is -0.0384. The monoisotopic (exact) mass is 367 g/mol. The zero-order valence-corrected chi connectivity index (χ0v) is 15.4. The van der Waals surface area contributed by atoms with Crippen LogP contribution in [-0.2, 0) is 4.74 Å². The van der Waals surface area contributed by atoms with Gasteiger partial charge in [0.25, 0.3) is 5.91 Å². The first kappa shape index (κ1) is 18.3. The second-order valence-corrected chi connectivity index (χ2v) is 7.13. The Labute approximate surface area is 153 Å². The Hall–Kier alpha value is -1.50. The summed E-state index contributed by atoms with van der Waals surface area (Å²) in [6.07, 6.45) is 2.04. The lowest BCUT2D eigenvalue weighted by Gasteiger charge is -2.36. The predicted octanol–water partition coefficient (Wildman–Crippen LogP) is 2.12. The number of piperidine rings is 1. The summed E-state index contributed by atoms with van der Waals surface area (Å²) >= 11 is 6.09. The van der Waals surface area contributed by atoms with E-state index in [0.29, 0.717) is 27.9 Å². The number of rotatable bonds is 4. The molecule has 0 spiro atoms. The van der Waals surface area contributed by atoms with Gasteiger partial charge >= 0.3 is 0 Å². The summed E-state index contributed by atoms with van der Waals surface area (Å²) in [6, 6.07) is 3.22. The summed E-state index contributed by atoms with van der Waals surface area (Å²) in [4.78, 5) is 17.2. The van der Waals surface area contributed by atoms with Crippen molar-refractivity contribution in [2.75, 3.05) is 58.8 Å². The highest BCUT2D eigenvalue weighted by atomic mass is 35.5. The molecule has 0 aliphatic carbocycles. The number of ether oxygens (including phenoxy) is 2. The molecule has 0 atom stereocenters. The lowest BCUT2D eigenvalue weighted by Crippen LogP contribution is -2.44. The van der Waals surface area contributed by atoms with E-state index < -0.39 is 0 Å². The van der Waals surface area contributed by atoms with Crippen LogP contribution in [0.5, 0.6) is 5.75 Å². The third-order valence-corrected chi connectivity index (χ3v) is 5.40. The second kappa shape index (κ2) is 8.25. The molecule has 25 heavy (non-hydrogen) atoms. The number of nitrogens with two attached hydrogens (primary N) is 1. The number of likely N-dealkylation sites (tertiary alicyclic amines) is 1. The van der Waals surface area contributed by atoms with Gasteiger partial charge in [0.15, 0.2) is 0 Å². The summed E-state index contributed by atoms with van der Waals surface area (Å²) in [6.45, 7) is 6.31. The molecule has 0 aromatic heterocycles. The fourth-order valence-electron chi connectivity index (χ4n) is 3.54. The number of amides is 1. The highest BCUT2D eigenvalue weighted by Gasteiger charge is 2.27. The molecule has 2 aliphatic rings. The van der Waals surface area contributed by atoms with Crippen molar-refractivity contribution >= 4 is 23.2 Å². The fourth-order valence-corrected chi connectivity index (χ4v) is 3.71. The van der Waals surface area contributed by atoms with E-state index >= 15 is 0 Å². The zero-order valence-electron chi connectivity index (χ0n) is 14.7. The average Bonchev–Trinajstić information content (AvgIpc) is 2.64. The van der Waals surface area contributed by atoms with E-state index in [1.807, 2.05) is 4.90 Å². The molecule has 0 unspecified atom stereocenters. The van der Waals surface area contributed by atoms with Crippen molar-refractivity contribution < 1.29 is 14.3 Å². The second-order valence-electron chi connectivity index (χ2n) is 6.72. The van der Waals surface area contributed by atoms with Crippen molar-refractivity contribution in [1.29, 1.82) is 0 Å². The van der Waals surface area contributed by atoms with E-state index in [0.717, 1.165) is 58.8 Å². The van der Waals surface area contributed by atoms with Gasteiger partial charge in [0.1, 0.15) is 5.75 Å². The summed E-state index contributed by atoms with van der Waals surface area (Å²) < 4.78 is 10.7. The Morgan fingerprint density at radius 2 is 1.96 bits per heavy atom. The summed E-state index contributed by atoms with van der Waals surface area (Å²) in [5, 5.41) is 0.381. The van der Waals surface area contributed by atoms with Gasteiger partial charge in [-0.2, -0.15) is 0 Å². The average molecular weight is 368 g/mol. The molecule has 2 heterocycles. The van der Waals surface area contributed by atoms with E-state index in [2.05, 4.69) is 4.90 Å². The minimum Gasteiger partial charge on any atom is -0.496 e. The zero-order chi connectivity index (χ0) is 17.8. The normalized spacial score (nSPS) is 19.8. The van der Waals surface area contributed by atoms with Crippen LogP contribution in [0.3, 0.4) is 0 Å². The lowest BCUT2D eigenvalue weighted by molar-refractivity contribution is 0.0242. The maximum atomic E-state index is 12.9. The van der Waals surface area contributed by atoms with Gasteiger partial charge in [0, 0.05) is 38.8 Å². The number of methoxy groups -OCH3 is 1. The first-order valence-corrected chi connectivity index (χ1v) is 9.18. The van der Waals surface area contributed by atoms with Crippen LogP contribution in [0.25, 0.3) is 0 Å². The molecule has 2 aliphatic heterocycles. The van der Waals surface area contributed by atoms with E-state index in [9.17, 15) is 4.79 Å². The lowest BCUT2D eigenvalue weighted by atomic mass is 9.95. The van der Waals surface area contributed by atoms with Crippen molar-refractivity contribution in [3.8, 4) is 5.75 Å². The highest BCUT2D eigenvalue weighted by molar-refractivity contribution is 6.33. The van der Waals surface area contributed by atoms with Gasteiger partial charge in [0.05, 0.1) is 36.6 Å². The van der Waals surface area contributed by atoms with Crippen molar-refractivity contribution in [3.05, 3.63) is 22.7 Å². The molecule has 3 rings (SSSR count). The fraction of sp³-hybridized carbons (Fsp3) is 0.611. The summed E-state index contributed by atoms with van der Waals surface area (Å²) in [7, 11) is 1.54. The highest BCUT2D eigenvalue weighted by Crippen LogP contribution is 2.31. The number of carbonyl (C=O) groups excluding carboxylic acids is 1. The molecular formula is C18H26ClN3O3. The Bertz CT molecular complexity index is 612. The van der Waals surface area contributed by atoms with Gasteiger partial charge in [-0.05, 0) is 24.8 Å². The SMILES string of the molecule is COc1cc(N)c(Cl)cc1C(=O)N1CCC(CN2CCOCC2)CC1. The number of hydrogen-bond donors (Lipinski definition) is 1. The number of anilines is 1. The van der Waals surface area contributed by atoms with Crippen molar-refractivity contribution in [2.45, 2.75) is 12.8 Å². The van der Waals surface area contributed by atoms with Crippen molar-refractivity contribution in [1.82, 2.24) is 9.80 Å². The standard InChI is InChI=1S/C18H26ClN3O3/c1-24-17-11-16(20)15(19)10-14(17)18(23)22-4-2-13(3-5-22)12-21-6-8-25-9-7-21/h10-11,13H,2-9,12,20H2,1H3. The quantitative estimate of drug-likeness (QED) is 0.825. The van der Waals surface area contributed by atoms with Crippen molar-refractivity contribution in [3.63, 3.8) is 0 Å². The van der Waals surface area contributed by atoms with E-state index in [4.69, 9.17) is 26.8 Å². The Morgan fingerprint density at radius 1 is 1.28 bits per heavy atom. The summed E-state index contributed by atoms with van der Waals surface area (Å²) in [5.41, 5.74) is 6.70. The largest absolute Gasteiger partial charge is 0.496 e. The van der Waals surface area contributed by atoms with Crippen LogP contribution < -0.4 is 10.5 Å². The number of hydrogen-bond acceptors (Lipinski definition) is 5. The van der Waals surface area contributed by atoms with Gasteiger partial charge in [0.2, 0.25) is 0 Å². The van der Waals surface area contributed by atoms with E-state index in [-0.39, 0.29) is 5.91 Å². The smallest absolute Gasteiger partial charge is 0.257 e. The molecule has 1 amide bonds. The molecule has 2 N–H and O–H groups in total. The van der Waals surface area contributed by atoms with Gasteiger partial charge in [-0.1, -0.05) is 11.6 Å². The predicted molar refractivity (Wildman–Crippen MR) is 98.3 cm³/mol. The Morgan fingerprint density at radius 3 is 2.60 bits per heavy atom. The van der Waals surface area contributed by atoms with Crippen LogP contribution in [0, 0.1) is 5.92 Å². The molecule has 2 saturated heterocycles. The third kappa shape index (κ3) is 4.37. The molecule has 1 aromatic rings. The molecular weight excluding hydrogens is 342 g/mol.